The van der Waals surface area contributed by atoms with E-state index in [9.17, 15) is 40.5 Å². The fraction of sp³-hybridized carbons (Fsp3) is 0.918. The standard InChI is InChI=1S/C61H114O14/c1-3-5-7-9-11-13-15-17-19-21-22-23-24-25-26-27-29-31-33-35-37-39-41-43-45-70-47-50(73-53(63)44-42-40-38-36-34-32-30-28-20-18-16-14-12-10-8-6-4-2)48-71-60-59(69)57(67)55(65)52(75-60)49-72-61-58(68)56(66)54(64)51(46-62)74-61/h18,20-22,50-52,54-62,64-69H,3-17,19,23-49H2,1-2H3/b20-18-,22-21-. The number of hydrogen-bond donors (Lipinski definition) is 7. The summed E-state index contributed by atoms with van der Waals surface area (Å²) in [6.07, 6.45) is 39.6. The molecule has 0 bridgehead atoms. The fourth-order valence-corrected chi connectivity index (χ4v) is 9.92. The minimum absolute atomic E-state index is 0.0632. The van der Waals surface area contributed by atoms with Gasteiger partial charge in [0.15, 0.2) is 12.6 Å². The number of hydrogen-bond acceptors (Lipinski definition) is 14. The van der Waals surface area contributed by atoms with Crippen molar-refractivity contribution < 1.29 is 69.0 Å². The summed E-state index contributed by atoms with van der Waals surface area (Å²) in [5, 5.41) is 72.4. The second-order valence-electron chi connectivity index (χ2n) is 21.9. The Morgan fingerprint density at radius 2 is 0.787 bits per heavy atom. The summed E-state index contributed by atoms with van der Waals surface area (Å²) in [6.45, 7) is 3.73. The average Bonchev–Trinajstić information content (AvgIpc) is 3.41. The topological polar surface area (TPSA) is 214 Å². The first-order valence-electron chi connectivity index (χ1n) is 30.9. The normalized spacial score (nSPS) is 24.7. The van der Waals surface area contributed by atoms with Crippen LogP contribution in [-0.4, -0.2) is 142 Å². The molecule has 0 radical (unpaired) electrons. The van der Waals surface area contributed by atoms with E-state index in [0.29, 0.717) is 13.0 Å². The van der Waals surface area contributed by atoms with Crippen molar-refractivity contribution in [2.45, 2.75) is 325 Å². The highest BCUT2D eigenvalue weighted by Crippen LogP contribution is 2.27. The van der Waals surface area contributed by atoms with Gasteiger partial charge in [-0.25, -0.2) is 0 Å². The zero-order chi connectivity index (χ0) is 54.4. The molecule has 14 heteroatoms. The molecule has 7 N–H and O–H groups in total. The average molecular weight is 1070 g/mol. The van der Waals surface area contributed by atoms with Gasteiger partial charge in [0.2, 0.25) is 0 Å². The molecule has 0 saturated carbocycles. The number of unbranched alkanes of at least 4 members (excludes halogenated alkanes) is 33. The van der Waals surface area contributed by atoms with E-state index < -0.39 is 80.7 Å². The Hall–Kier alpha value is -1.53. The molecule has 11 atom stereocenters. The first-order valence-corrected chi connectivity index (χ1v) is 30.9. The molecule has 0 aliphatic carbocycles. The number of allylic oxidation sites excluding steroid dienone is 4. The second kappa shape index (κ2) is 48.4. The van der Waals surface area contributed by atoms with Crippen molar-refractivity contribution in [3.63, 3.8) is 0 Å². The molecule has 442 valence electrons. The van der Waals surface area contributed by atoms with Gasteiger partial charge < -0.3 is 64.2 Å². The van der Waals surface area contributed by atoms with Gasteiger partial charge in [0.25, 0.3) is 0 Å². The number of aliphatic hydroxyl groups excluding tert-OH is 7. The van der Waals surface area contributed by atoms with Crippen molar-refractivity contribution in [3.05, 3.63) is 24.3 Å². The maximum absolute atomic E-state index is 13.1. The van der Waals surface area contributed by atoms with Crippen LogP contribution in [0.25, 0.3) is 0 Å². The highest BCUT2D eigenvalue weighted by Gasteiger charge is 2.47. The van der Waals surface area contributed by atoms with Crippen molar-refractivity contribution >= 4 is 5.97 Å². The van der Waals surface area contributed by atoms with E-state index in [1.807, 2.05) is 0 Å². The van der Waals surface area contributed by atoms with E-state index in [-0.39, 0.29) is 25.6 Å². The number of esters is 1. The van der Waals surface area contributed by atoms with Gasteiger partial charge >= 0.3 is 5.97 Å². The van der Waals surface area contributed by atoms with Crippen LogP contribution in [-0.2, 0) is 33.2 Å². The molecule has 2 saturated heterocycles. The van der Waals surface area contributed by atoms with E-state index >= 15 is 0 Å². The fourth-order valence-electron chi connectivity index (χ4n) is 9.92. The van der Waals surface area contributed by atoms with Crippen LogP contribution in [0.5, 0.6) is 0 Å². The van der Waals surface area contributed by atoms with Gasteiger partial charge in [0.05, 0.1) is 26.4 Å². The smallest absolute Gasteiger partial charge is 0.306 e. The van der Waals surface area contributed by atoms with Gasteiger partial charge in [-0.2, -0.15) is 0 Å². The van der Waals surface area contributed by atoms with Crippen molar-refractivity contribution in [2.75, 3.05) is 33.0 Å². The first-order chi connectivity index (χ1) is 36.6. The number of carbonyl (C=O) groups excluding carboxylic acids is 1. The molecular formula is C61H114O14. The van der Waals surface area contributed by atoms with Gasteiger partial charge in [0.1, 0.15) is 54.9 Å². The van der Waals surface area contributed by atoms with Crippen molar-refractivity contribution in [3.8, 4) is 0 Å². The molecule has 0 amide bonds. The maximum Gasteiger partial charge on any atom is 0.306 e. The lowest BCUT2D eigenvalue weighted by molar-refractivity contribution is -0.332. The molecule has 2 fully saturated rings. The summed E-state index contributed by atoms with van der Waals surface area (Å²) >= 11 is 0. The third-order valence-corrected chi connectivity index (χ3v) is 14.9. The van der Waals surface area contributed by atoms with E-state index in [0.717, 1.165) is 44.9 Å². The zero-order valence-corrected chi connectivity index (χ0v) is 47.6. The Balaban J connectivity index is 1.68. The van der Waals surface area contributed by atoms with E-state index in [1.54, 1.807) is 0 Å². The molecule has 14 nitrogen and oxygen atoms in total. The van der Waals surface area contributed by atoms with Crippen molar-refractivity contribution in [1.29, 1.82) is 0 Å². The molecule has 0 spiro atoms. The van der Waals surface area contributed by atoms with E-state index in [4.69, 9.17) is 28.4 Å². The van der Waals surface area contributed by atoms with E-state index in [1.165, 1.54) is 186 Å². The summed E-state index contributed by atoms with van der Waals surface area (Å²) in [5.41, 5.74) is 0. The number of rotatable bonds is 51. The zero-order valence-electron chi connectivity index (χ0n) is 47.6. The Morgan fingerprint density at radius 3 is 1.21 bits per heavy atom. The maximum atomic E-state index is 13.1. The lowest BCUT2D eigenvalue weighted by atomic mass is 9.98. The summed E-state index contributed by atoms with van der Waals surface area (Å²) < 4.78 is 34.4. The highest BCUT2D eigenvalue weighted by atomic mass is 16.7. The second-order valence-corrected chi connectivity index (χ2v) is 21.9. The molecule has 0 aromatic carbocycles. The number of ether oxygens (including phenoxy) is 6. The van der Waals surface area contributed by atoms with Crippen LogP contribution in [0.2, 0.25) is 0 Å². The summed E-state index contributed by atoms with van der Waals surface area (Å²) in [7, 11) is 0. The van der Waals surface area contributed by atoms with Crippen LogP contribution in [0, 0.1) is 0 Å². The summed E-state index contributed by atoms with van der Waals surface area (Å²) in [6, 6.07) is 0. The van der Waals surface area contributed by atoms with Crippen LogP contribution >= 0.6 is 0 Å². The number of carbonyl (C=O) groups is 1. The third kappa shape index (κ3) is 35.0. The molecule has 2 rings (SSSR count). The van der Waals surface area contributed by atoms with Gasteiger partial charge in [-0.3, -0.25) is 4.79 Å². The third-order valence-electron chi connectivity index (χ3n) is 14.9. The Kier molecular flexibility index (Phi) is 44.9. The largest absolute Gasteiger partial charge is 0.457 e. The minimum Gasteiger partial charge on any atom is -0.457 e. The van der Waals surface area contributed by atoms with Gasteiger partial charge in [-0.1, -0.05) is 212 Å². The van der Waals surface area contributed by atoms with Crippen LogP contribution in [0.3, 0.4) is 0 Å². The molecule has 11 unspecified atom stereocenters. The lowest BCUT2D eigenvalue weighted by Crippen LogP contribution is -2.61. The first kappa shape index (κ1) is 69.6. The molecule has 2 aliphatic heterocycles. The molecular weight excluding hydrogens is 957 g/mol. The molecule has 0 aromatic heterocycles. The van der Waals surface area contributed by atoms with Gasteiger partial charge in [-0.15, -0.1) is 0 Å². The van der Waals surface area contributed by atoms with Crippen molar-refractivity contribution in [1.82, 2.24) is 0 Å². The molecule has 2 aliphatic rings. The quantitative estimate of drug-likeness (QED) is 0.0172. The van der Waals surface area contributed by atoms with Crippen molar-refractivity contribution in [2.24, 2.45) is 0 Å². The summed E-state index contributed by atoms with van der Waals surface area (Å²) in [5.74, 6) is -0.376. The highest BCUT2D eigenvalue weighted by molar-refractivity contribution is 5.69. The van der Waals surface area contributed by atoms with Crippen LogP contribution < -0.4 is 0 Å². The lowest BCUT2D eigenvalue weighted by Gasteiger charge is -2.42. The van der Waals surface area contributed by atoms with Crippen LogP contribution in [0.1, 0.15) is 258 Å². The Morgan fingerprint density at radius 1 is 0.427 bits per heavy atom. The van der Waals surface area contributed by atoms with Gasteiger partial charge in [-0.05, 0) is 64.2 Å². The summed E-state index contributed by atoms with van der Waals surface area (Å²) in [4.78, 5) is 13.1. The Bertz CT molecular complexity index is 1330. The SMILES string of the molecule is CCCCCCCC/C=C\CCCCCCCCCC(=O)OC(COCCCCCCCCCCCCCC/C=C\CCCCCCCCCC)COC1OC(COC2OC(CO)C(O)C(O)C2O)C(O)C(O)C1O. The van der Waals surface area contributed by atoms with E-state index in [2.05, 4.69) is 38.2 Å². The molecule has 75 heavy (non-hydrogen) atoms. The monoisotopic (exact) mass is 1070 g/mol. The van der Waals surface area contributed by atoms with Crippen LogP contribution in [0.15, 0.2) is 24.3 Å². The van der Waals surface area contributed by atoms with Crippen LogP contribution in [0.4, 0.5) is 0 Å². The minimum atomic E-state index is -1.71. The molecule has 0 aromatic rings. The Labute approximate surface area is 456 Å². The molecule has 2 heterocycles. The number of aliphatic hydroxyl groups is 7. The predicted octanol–water partition coefficient (Wildman–Crippen LogP) is 11.5. The van der Waals surface area contributed by atoms with Gasteiger partial charge in [0, 0.05) is 13.0 Å². The predicted molar refractivity (Wildman–Crippen MR) is 298 cm³/mol.